The number of aryl methyl sites for hydroxylation is 1. The van der Waals surface area contributed by atoms with Crippen LogP contribution < -0.4 is 5.32 Å². The summed E-state index contributed by atoms with van der Waals surface area (Å²) in [6.07, 6.45) is 4.19. The van der Waals surface area contributed by atoms with Crippen LogP contribution >= 0.6 is 11.3 Å². The molecule has 0 spiro atoms. The van der Waals surface area contributed by atoms with Crippen LogP contribution in [0.5, 0.6) is 0 Å². The van der Waals surface area contributed by atoms with Gasteiger partial charge in [0.05, 0.1) is 18.5 Å². The van der Waals surface area contributed by atoms with E-state index in [2.05, 4.69) is 10.3 Å². The molecule has 0 bridgehead atoms. The number of hydrogen-bond donors (Lipinski definition) is 1. The molecule has 30 heavy (non-hydrogen) atoms. The lowest BCUT2D eigenvalue weighted by atomic mass is 9.97. The van der Waals surface area contributed by atoms with Gasteiger partial charge in [-0.25, -0.2) is 22.1 Å². The van der Waals surface area contributed by atoms with Crippen molar-refractivity contribution >= 4 is 32.2 Å². The molecule has 1 aromatic carbocycles. The van der Waals surface area contributed by atoms with E-state index >= 15 is 0 Å². The van der Waals surface area contributed by atoms with Crippen LogP contribution in [0, 0.1) is 18.7 Å². The lowest BCUT2D eigenvalue weighted by Gasteiger charge is -2.29. The second-order valence-corrected chi connectivity index (χ2v) is 10.6. The Morgan fingerprint density at radius 3 is 2.53 bits per heavy atom. The van der Waals surface area contributed by atoms with Crippen LogP contribution in [0.15, 0.2) is 30.5 Å². The molecule has 0 unspecified atom stereocenters. The Hall–Kier alpha value is -2.30. The van der Waals surface area contributed by atoms with Crippen molar-refractivity contribution in [1.82, 2.24) is 19.0 Å². The topological polar surface area (TPSA) is 83.8 Å². The van der Waals surface area contributed by atoms with Gasteiger partial charge in [0, 0.05) is 41.3 Å². The predicted octanol–water partition coefficient (Wildman–Crippen LogP) is 2.80. The van der Waals surface area contributed by atoms with Crippen molar-refractivity contribution in [2.75, 3.05) is 19.3 Å². The van der Waals surface area contributed by atoms with Crippen molar-refractivity contribution in [1.29, 1.82) is 0 Å². The molecule has 1 N–H and O–H groups in total. The third kappa shape index (κ3) is 4.26. The fraction of sp³-hybridized carbons (Fsp3) is 0.400. The summed E-state index contributed by atoms with van der Waals surface area (Å²) in [6.45, 7) is 3.16. The standard InChI is InChI=1S/C20H23FN4O3S2/c1-13-18(11-22-19(26)15-7-9-24(10-8-15)30(2,27)28)29-20-23-17(12-25(13)20)14-3-5-16(21)6-4-14/h3-6,12,15H,7-11H2,1-2H3,(H,22,26). The fourth-order valence-electron chi connectivity index (χ4n) is 3.68. The highest BCUT2D eigenvalue weighted by molar-refractivity contribution is 7.88. The molecular formula is C20H23FN4O3S2. The number of carbonyl (C=O) groups is 1. The van der Waals surface area contributed by atoms with E-state index < -0.39 is 10.0 Å². The maximum absolute atomic E-state index is 13.1. The van der Waals surface area contributed by atoms with Gasteiger partial charge in [-0.2, -0.15) is 0 Å². The highest BCUT2D eigenvalue weighted by Gasteiger charge is 2.29. The Bertz CT molecular complexity index is 1180. The van der Waals surface area contributed by atoms with Gasteiger partial charge in [-0.3, -0.25) is 9.20 Å². The fourth-order valence-corrected chi connectivity index (χ4v) is 5.60. The van der Waals surface area contributed by atoms with Crippen LogP contribution in [0.25, 0.3) is 16.2 Å². The molecule has 160 valence electrons. The summed E-state index contributed by atoms with van der Waals surface area (Å²) < 4.78 is 39.7. The average Bonchev–Trinajstić information content (AvgIpc) is 3.25. The quantitative estimate of drug-likeness (QED) is 0.648. The van der Waals surface area contributed by atoms with Gasteiger partial charge in [0.15, 0.2) is 4.96 Å². The smallest absolute Gasteiger partial charge is 0.223 e. The second-order valence-electron chi connectivity index (χ2n) is 7.55. The minimum absolute atomic E-state index is 0.0411. The molecule has 1 fully saturated rings. The summed E-state index contributed by atoms with van der Waals surface area (Å²) in [5.41, 5.74) is 2.63. The molecule has 0 atom stereocenters. The predicted molar refractivity (Wildman–Crippen MR) is 114 cm³/mol. The minimum atomic E-state index is -3.20. The van der Waals surface area contributed by atoms with Gasteiger partial charge >= 0.3 is 0 Å². The third-order valence-corrected chi connectivity index (χ3v) is 7.97. The first kappa shape index (κ1) is 21.0. The number of amides is 1. The Balaban J connectivity index is 1.40. The van der Waals surface area contributed by atoms with E-state index in [1.54, 1.807) is 12.1 Å². The van der Waals surface area contributed by atoms with Gasteiger partial charge < -0.3 is 5.32 Å². The maximum Gasteiger partial charge on any atom is 0.223 e. The van der Waals surface area contributed by atoms with Crippen LogP contribution in [0.2, 0.25) is 0 Å². The monoisotopic (exact) mass is 450 g/mol. The molecule has 1 aliphatic rings. The molecule has 3 aromatic rings. The van der Waals surface area contributed by atoms with E-state index in [9.17, 15) is 17.6 Å². The summed E-state index contributed by atoms with van der Waals surface area (Å²) in [6, 6.07) is 6.23. The Kier molecular flexibility index (Phi) is 5.65. The number of halogens is 1. The molecule has 3 heterocycles. The van der Waals surface area contributed by atoms with Crippen molar-refractivity contribution in [3.63, 3.8) is 0 Å². The number of hydrogen-bond acceptors (Lipinski definition) is 5. The maximum atomic E-state index is 13.1. The van der Waals surface area contributed by atoms with Gasteiger partial charge in [-0.1, -0.05) is 11.3 Å². The van der Waals surface area contributed by atoms with E-state index in [-0.39, 0.29) is 17.6 Å². The molecule has 1 saturated heterocycles. The lowest BCUT2D eigenvalue weighted by molar-refractivity contribution is -0.126. The number of imidazole rings is 1. The number of nitrogens with one attached hydrogen (secondary N) is 1. The zero-order chi connectivity index (χ0) is 21.5. The van der Waals surface area contributed by atoms with Crippen LogP contribution in [0.4, 0.5) is 4.39 Å². The number of piperidine rings is 1. The zero-order valence-corrected chi connectivity index (χ0v) is 18.4. The van der Waals surface area contributed by atoms with Crippen molar-refractivity contribution in [3.8, 4) is 11.3 Å². The van der Waals surface area contributed by atoms with Crippen molar-refractivity contribution < 1.29 is 17.6 Å². The van der Waals surface area contributed by atoms with E-state index in [0.717, 1.165) is 26.8 Å². The summed E-state index contributed by atoms with van der Waals surface area (Å²) in [5.74, 6) is -0.492. The highest BCUT2D eigenvalue weighted by atomic mass is 32.2. The number of fused-ring (bicyclic) bond motifs is 1. The Labute approximate surface area is 178 Å². The van der Waals surface area contributed by atoms with Gasteiger partial charge in [-0.15, -0.1) is 0 Å². The number of sulfonamides is 1. The number of nitrogens with zero attached hydrogens (tertiary/aromatic N) is 3. The van der Waals surface area contributed by atoms with Gasteiger partial charge in [-0.05, 0) is 44.0 Å². The first-order chi connectivity index (χ1) is 14.2. The molecule has 0 saturated carbocycles. The van der Waals surface area contributed by atoms with E-state index in [1.165, 1.54) is 34.0 Å². The molecular weight excluding hydrogens is 427 g/mol. The summed E-state index contributed by atoms with van der Waals surface area (Å²) in [7, 11) is -3.20. The SMILES string of the molecule is Cc1c(CNC(=O)C2CCN(S(C)(=O)=O)CC2)sc2nc(-c3ccc(F)cc3)cn12. The second kappa shape index (κ2) is 8.09. The Morgan fingerprint density at radius 1 is 1.27 bits per heavy atom. The first-order valence-corrected chi connectivity index (χ1v) is 12.3. The highest BCUT2D eigenvalue weighted by Crippen LogP contribution is 2.27. The molecule has 0 aliphatic carbocycles. The van der Waals surface area contributed by atoms with Gasteiger partial charge in [0.25, 0.3) is 0 Å². The van der Waals surface area contributed by atoms with Crippen molar-refractivity contribution in [2.45, 2.75) is 26.3 Å². The van der Waals surface area contributed by atoms with Crippen LogP contribution in [0.3, 0.4) is 0 Å². The number of rotatable bonds is 5. The molecule has 10 heteroatoms. The van der Waals surface area contributed by atoms with E-state index in [0.29, 0.717) is 32.5 Å². The number of benzene rings is 1. The molecule has 1 aliphatic heterocycles. The zero-order valence-electron chi connectivity index (χ0n) is 16.8. The minimum Gasteiger partial charge on any atom is -0.351 e. The molecule has 0 radical (unpaired) electrons. The summed E-state index contributed by atoms with van der Waals surface area (Å²) in [4.78, 5) is 19.0. The van der Waals surface area contributed by atoms with Gasteiger partial charge in [0.1, 0.15) is 5.82 Å². The Morgan fingerprint density at radius 2 is 1.93 bits per heavy atom. The van der Waals surface area contributed by atoms with Crippen LogP contribution in [-0.2, 0) is 21.4 Å². The third-order valence-electron chi connectivity index (χ3n) is 5.51. The summed E-state index contributed by atoms with van der Waals surface area (Å²) >= 11 is 1.51. The molecule has 7 nitrogen and oxygen atoms in total. The number of thiazole rings is 1. The number of aromatic nitrogens is 2. The van der Waals surface area contributed by atoms with Crippen molar-refractivity contribution in [2.24, 2.45) is 5.92 Å². The number of carbonyl (C=O) groups excluding carboxylic acids is 1. The molecule has 1 amide bonds. The largest absolute Gasteiger partial charge is 0.351 e. The van der Waals surface area contributed by atoms with Crippen LogP contribution in [0.1, 0.15) is 23.4 Å². The average molecular weight is 451 g/mol. The lowest BCUT2D eigenvalue weighted by Crippen LogP contribution is -2.42. The molecule has 4 rings (SSSR count). The van der Waals surface area contributed by atoms with Crippen LogP contribution in [-0.4, -0.2) is 47.4 Å². The first-order valence-electron chi connectivity index (χ1n) is 9.68. The van der Waals surface area contributed by atoms with Crippen molar-refractivity contribution in [3.05, 3.63) is 46.9 Å². The van der Waals surface area contributed by atoms with E-state index in [1.807, 2.05) is 17.5 Å². The normalized spacial score (nSPS) is 16.2. The van der Waals surface area contributed by atoms with E-state index in [4.69, 9.17) is 0 Å². The molecule has 2 aromatic heterocycles. The summed E-state index contributed by atoms with van der Waals surface area (Å²) in [5, 5.41) is 2.99. The van der Waals surface area contributed by atoms with Gasteiger partial charge in [0.2, 0.25) is 15.9 Å².